The van der Waals surface area contributed by atoms with E-state index >= 15 is 0 Å². The Labute approximate surface area is 133 Å². The average molecular weight is 316 g/mol. The Balaban J connectivity index is 2.07. The fraction of sp³-hybridized carbons (Fsp3) is 0.353. The zero-order valence-electron chi connectivity index (χ0n) is 13.2. The summed E-state index contributed by atoms with van der Waals surface area (Å²) in [6.45, 7) is 3.56. The van der Waals surface area contributed by atoms with Crippen LogP contribution in [0.3, 0.4) is 0 Å². The minimum absolute atomic E-state index is 0.0339. The van der Waals surface area contributed by atoms with Gasteiger partial charge in [0.15, 0.2) is 6.61 Å². The van der Waals surface area contributed by atoms with Crippen LogP contribution in [0.4, 0.5) is 0 Å². The maximum atomic E-state index is 12.2. The zero-order chi connectivity index (χ0) is 16.8. The number of carbonyl (C=O) groups excluding carboxylic acids is 2. The number of esters is 1. The first-order valence-corrected chi connectivity index (χ1v) is 7.59. The number of benzene rings is 1. The Morgan fingerprint density at radius 2 is 2.04 bits per heavy atom. The molecule has 1 atom stereocenters. The van der Waals surface area contributed by atoms with Crippen LogP contribution in [0.15, 0.2) is 35.1 Å². The molecule has 2 N–H and O–H groups in total. The van der Waals surface area contributed by atoms with Crippen molar-refractivity contribution in [2.45, 2.75) is 32.7 Å². The lowest BCUT2D eigenvalue weighted by Gasteiger charge is -2.13. The third-order valence-corrected chi connectivity index (χ3v) is 3.43. The van der Waals surface area contributed by atoms with Crippen molar-refractivity contribution in [1.29, 1.82) is 0 Å². The number of carbonyl (C=O) groups is 2. The van der Waals surface area contributed by atoms with Crippen LogP contribution < -0.4 is 10.9 Å². The number of H-pyrrole nitrogens is 1. The van der Waals surface area contributed by atoms with E-state index in [4.69, 9.17) is 4.74 Å². The van der Waals surface area contributed by atoms with Crippen molar-refractivity contribution in [2.75, 3.05) is 6.61 Å². The molecule has 0 saturated carbocycles. The standard InChI is InChI=1S/C17H20N2O4/c1-3-6-11(2)18-16(21)10-23-17(22)13-9-15(20)19-14-8-5-4-7-12(13)14/h4-5,7-9,11H,3,6,10H2,1-2H3,(H,18,21)(H,19,20)/t11-/m1/s1. The van der Waals surface area contributed by atoms with E-state index in [2.05, 4.69) is 10.3 Å². The maximum absolute atomic E-state index is 12.2. The summed E-state index contributed by atoms with van der Waals surface area (Å²) < 4.78 is 5.03. The van der Waals surface area contributed by atoms with E-state index in [0.29, 0.717) is 10.9 Å². The third kappa shape index (κ3) is 4.42. The van der Waals surface area contributed by atoms with E-state index in [9.17, 15) is 14.4 Å². The number of nitrogens with one attached hydrogen (secondary N) is 2. The number of hydrogen-bond acceptors (Lipinski definition) is 4. The summed E-state index contributed by atoms with van der Waals surface area (Å²) in [7, 11) is 0. The molecule has 23 heavy (non-hydrogen) atoms. The van der Waals surface area contributed by atoms with E-state index < -0.39 is 11.5 Å². The van der Waals surface area contributed by atoms with Crippen molar-refractivity contribution in [2.24, 2.45) is 0 Å². The minimum atomic E-state index is -0.689. The van der Waals surface area contributed by atoms with E-state index in [1.807, 2.05) is 13.8 Å². The lowest BCUT2D eigenvalue weighted by molar-refractivity contribution is -0.124. The van der Waals surface area contributed by atoms with Crippen molar-refractivity contribution in [1.82, 2.24) is 10.3 Å². The van der Waals surface area contributed by atoms with Crippen LogP contribution in [-0.2, 0) is 9.53 Å². The summed E-state index contributed by atoms with van der Waals surface area (Å²) in [5.41, 5.74) is 0.309. The number of pyridine rings is 1. The number of hydrogen-bond donors (Lipinski definition) is 2. The van der Waals surface area contributed by atoms with Crippen LogP contribution in [0.25, 0.3) is 10.9 Å². The smallest absolute Gasteiger partial charge is 0.339 e. The fourth-order valence-electron chi connectivity index (χ4n) is 2.40. The van der Waals surface area contributed by atoms with Crippen LogP contribution in [0.1, 0.15) is 37.0 Å². The molecule has 2 aromatic rings. The molecule has 0 spiro atoms. The van der Waals surface area contributed by atoms with Gasteiger partial charge in [-0.15, -0.1) is 0 Å². The topological polar surface area (TPSA) is 88.3 Å². The van der Waals surface area contributed by atoms with Gasteiger partial charge in [0, 0.05) is 23.0 Å². The Morgan fingerprint density at radius 1 is 1.30 bits per heavy atom. The van der Waals surface area contributed by atoms with Gasteiger partial charge in [-0.2, -0.15) is 0 Å². The van der Waals surface area contributed by atoms with Gasteiger partial charge in [0.25, 0.3) is 5.91 Å². The molecule has 2 rings (SSSR count). The molecule has 0 radical (unpaired) electrons. The quantitative estimate of drug-likeness (QED) is 0.798. The Hall–Kier alpha value is -2.63. The highest BCUT2D eigenvalue weighted by atomic mass is 16.5. The van der Waals surface area contributed by atoms with Gasteiger partial charge < -0.3 is 15.0 Å². The zero-order valence-corrected chi connectivity index (χ0v) is 13.2. The van der Waals surface area contributed by atoms with Gasteiger partial charge in [-0.3, -0.25) is 9.59 Å². The average Bonchev–Trinajstić information content (AvgIpc) is 2.52. The first-order chi connectivity index (χ1) is 11.0. The lowest BCUT2D eigenvalue weighted by Crippen LogP contribution is -2.35. The van der Waals surface area contributed by atoms with Crippen LogP contribution in [0.2, 0.25) is 0 Å². The molecule has 1 aromatic carbocycles. The van der Waals surface area contributed by atoms with Gasteiger partial charge in [-0.05, 0) is 19.4 Å². The van der Waals surface area contributed by atoms with Crippen LogP contribution in [-0.4, -0.2) is 29.5 Å². The highest BCUT2D eigenvalue weighted by Gasteiger charge is 2.15. The summed E-state index contributed by atoms with van der Waals surface area (Å²) in [6, 6.07) is 8.15. The van der Waals surface area contributed by atoms with Crippen LogP contribution in [0.5, 0.6) is 0 Å². The fourth-order valence-corrected chi connectivity index (χ4v) is 2.40. The Bertz CT molecular complexity index is 767. The van der Waals surface area contributed by atoms with Crippen molar-refractivity contribution >= 4 is 22.8 Å². The minimum Gasteiger partial charge on any atom is -0.452 e. The van der Waals surface area contributed by atoms with Gasteiger partial charge >= 0.3 is 5.97 Å². The normalized spacial score (nSPS) is 11.9. The van der Waals surface area contributed by atoms with Crippen molar-refractivity contribution in [3.8, 4) is 0 Å². The molecule has 0 aliphatic heterocycles. The first-order valence-electron chi connectivity index (χ1n) is 7.59. The van der Waals surface area contributed by atoms with E-state index in [1.165, 1.54) is 6.07 Å². The van der Waals surface area contributed by atoms with Crippen LogP contribution in [0, 0.1) is 0 Å². The van der Waals surface area contributed by atoms with E-state index in [1.54, 1.807) is 24.3 Å². The molecule has 6 heteroatoms. The molecule has 0 fully saturated rings. The van der Waals surface area contributed by atoms with Gasteiger partial charge in [-0.25, -0.2) is 4.79 Å². The predicted octanol–water partition coefficient (Wildman–Crippen LogP) is 1.99. The van der Waals surface area contributed by atoms with Gasteiger partial charge in [0.1, 0.15) is 0 Å². The van der Waals surface area contributed by atoms with Gasteiger partial charge in [-0.1, -0.05) is 31.5 Å². The molecule has 0 unspecified atom stereocenters. The van der Waals surface area contributed by atoms with Crippen molar-refractivity contribution in [3.05, 3.63) is 46.2 Å². The second kappa shape index (κ2) is 7.58. The lowest BCUT2D eigenvalue weighted by atomic mass is 10.1. The Morgan fingerprint density at radius 3 is 2.78 bits per heavy atom. The summed E-state index contributed by atoms with van der Waals surface area (Å²) in [5.74, 6) is -1.04. The summed E-state index contributed by atoms with van der Waals surface area (Å²) in [6.07, 6.45) is 1.82. The molecule has 0 aliphatic carbocycles. The highest BCUT2D eigenvalue weighted by molar-refractivity contribution is 6.03. The number of rotatable bonds is 6. The van der Waals surface area contributed by atoms with E-state index in [0.717, 1.165) is 12.8 Å². The molecule has 1 heterocycles. The molecular formula is C17H20N2O4. The second-order valence-corrected chi connectivity index (χ2v) is 5.43. The molecule has 1 amide bonds. The predicted molar refractivity (Wildman–Crippen MR) is 87.4 cm³/mol. The number of amides is 1. The van der Waals surface area contributed by atoms with Crippen LogP contribution >= 0.6 is 0 Å². The SMILES string of the molecule is CCC[C@@H](C)NC(=O)COC(=O)c1cc(=O)[nH]c2ccccc12. The first kappa shape index (κ1) is 16.7. The number of fused-ring (bicyclic) bond motifs is 1. The summed E-state index contributed by atoms with van der Waals surface area (Å²) in [5, 5.41) is 3.33. The van der Waals surface area contributed by atoms with Crippen molar-refractivity contribution in [3.63, 3.8) is 0 Å². The maximum Gasteiger partial charge on any atom is 0.339 e. The van der Waals surface area contributed by atoms with Gasteiger partial charge in [0.2, 0.25) is 5.56 Å². The third-order valence-electron chi connectivity index (χ3n) is 3.43. The molecule has 0 bridgehead atoms. The molecule has 122 valence electrons. The number of aromatic amines is 1. The van der Waals surface area contributed by atoms with E-state index in [-0.39, 0.29) is 24.1 Å². The van der Waals surface area contributed by atoms with Crippen molar-refractivity contribution < 1.29 is 14.3 Å². The molecule has 1 aromatic heterocycles. The molecule has 0 saturated heterocycles. The highest BCUT2D eigenvalue weighted by Crippen LogP contribution is 2.15. The Kier molecular flexibility index (Phi) is 5.51. The monoisotopic (exact) mass is 316 g/mol. The molecular weight excluding hydrogens is 296 g/mol. The number of ether oxygens (including phenoxy) is 1. The van der Waals surface area contributed by atoms with Gasteiger partial charge in [0.05, 0.1) is 5.56 Å². The summed E-state index contributed by atoms with van der Waals surface area (Å²) >= 11 is 0. The molecule has 0 aliphatic rings. The second-order valence-electron chi connectivity index (χ2n) is 5.43. The largest absolute Gasteiger partial charge is 0.452 e. The molecule has 6 nitrogen and oxygen atoms in total. The number of aromatic nitrogens is 1. The number of para-hydroxylation sites is 1. The summed E-state index contributed by atoms with van der Waals surface area (Å²) in [4.78, 5) is 38.2.